The Balaban J connectivity index is 1.68. The molecule has 2 atom stereocenters. The highest BCUT2D eigenvalue weighted by molar-refractivity contribution is 5.71. The molecule has 0 amide bonds. The van der Waals surface area contributed by atoms with Crippen molar-refractivity contribution in [2.24, 2.45) is 5.92 Å². The second kappa shape index (κ2) is 9.09. The maximum Gasteiger partial charge on any atom is 0.307 e. The fourth-order valence-electron chi connectivity index (χ4n) is 3.67. The zero-order valence-corrected chi connectivity index (χ0v) is 17.1. The van der Waals surface area contributed by atoms with E-state index in [0.29, 0.717) is 29.4 Å². The number of aromatic nitrogens is 2. The lowest BCUT2D eigenvalue weighted by Crippen LogP contribution is -2.44. The summed E-state index contributed by atoms with van der Waals surface area (Å²) in [5, 5.41) is 31.4. The lowest BCUT2D eigenvalue weighted by atomic mass is 10.0. The van der Waals surface area contributed by atoms with E-state index >= 15 is 0 Å². The summed E-state index contributed by atoms with van der Waals surface area (Å²) < 4.78 is 5.12. The van der Waals surface area contributed by atoms with Gasteiger partial charge >= 0.3 is 5.97 Å². The van der Waals surface area contributed by atoms with E-state index in [9.17, 15) is 9.90 Å². The fraction of sp³-hybridized carbons (Fsp3) is 0.476. The van der Waals surface area contributed by atoms with Gasteiger partial charge in [0.2, 0.25) is 0 Å². The number of ether oxygens (including phenoxy) is 1. The Hall–Kier alpha value is -2.87. The summed E-state index contributed by atoms with van der Waals surface area (Å²) in [5.41, 5.74) is 2.13. The molecular formula is C21H28N4O4. The lowest BCUT2D eigenvalue weighted by molar-refractivity contribution is -0.141. The van der Waals surface area contributed by atoms with E-state index in [4.69, 9.17) is 9.84 Å². The van der Waals surface area contributed by atoms with Crippen LogP contribution in [0.25, 0.3) is 11.3 Å². The third kappa shape index (κ3) is 5.14. The normalized spacial score (nSPS) is 18.2. The Morgan fingerprint density at radius 1 is 1.38 bits per heavy atom. The Labute approximate surface area is 170 Å². The number of aromatic hydroxyl groups is 1. The summed E-state index contributed by atoms with van der Waals surface area (Å²) >= 11 is 0. The van der Waals surface area contributed by atoms with E-state index in [1.807, 2.05) is 13.0 Å². The summed E-state index contributed by atoms with van der Waals surface area (Å²) in [5.74, 6) is 0.204. The minimum absolute atomic E-state index is 0.0953. The summed E-state index contributed by atoms with van der Waals surface area (Å²) in [4.78, 5) is 13.3. The minimum Gasteiger partial charge on any atom is -0.507 e. The third-order valence-electron chi connectivity index (χ3n) is 5.26. The molecule has 1 saturated heterocycles. The smallest absolute Gasteiger partial charge is 0.307 e. The van der Waals surface area contributed by atoms with E-state index in [-0.39, 0.29) is 17.7 Å². The van der Waals surface area contributed by atoms with Crippen molar-refractivity contribution in [1.82, 2.24) is 15.1 Å². The number of aliphatic carboxylic acids is 1. The van der Waals surface area contributed by atoms with Crippen LogP contribution in [-0.4, -0.2) is 64.1 Å². The zero-order chi connectivity index (χ0) is 21.0. The lowest BCUT2D eigenvalue weighted by Gasteiger charge is -2.34. The Kier molecular flexibility index (Phi) is 6.53. The van der Waals surface area contributed by atoms with Crippen molar-refractivity contribution < 1.29 is 19.7 Å². The van der Waals surface area contributed by atoms with Crippen molar-refractivity contribution in [3.8, 4) is 22.8 Å². The first kappa shape index (κ1) is 20.9. The van der Waals surface area contributed by atoms with E-state index in [1.54, 1.807) is 32.2 Å². The van der Waals surface area contributed by atoms with Gasteiger partial charge < -0.3 is 25.2 Å². The van der Waals surface area contributed by atoms with Crippen LogP contribution in [0.4, 0.5) is 5.82 Å². The van der Waals surface area contributed by atoms with Gasteiger partial charge in [-0.2, -0.15) is 0 Å². The van der Waals surface area contributed by atoms with Crippen LogP contribution >= 0.6 is 0 Å². The van der Waals surface area contributed by atoms with Gasteiger partial charge in [-0.15, -0.1) is 10.2 Å². The van der Waals surface area contributed by atoms with Gasteiger partial charge in [-0.3, -0.25) is 4.79 Å². The van der Waals surface area contributed by atoms with Crippen molar-refractivity contribution in [2.45, 2.75) is 32.7 Å². The average molecular weight is 400 g/mol. The van der Waals surface area contributed by atoms with Crippen LogP contribution in [0.5, 0.6) is 11.5 Å². The number of methoxy groups -OCH3 is 1. The molecule has 1 aliphatic heterocycles. The summed E-state index contributed by atoms with van der Waals surface area (Å²) in [6.45, 7) is 5.91. The molecule has 29 heavy (non-hydrogen) atoms. The predicted molar refractivity (Wildman–Crippen MR) is 110 cm³/mol. The number of anilines is 1. The largest absolute Gasteiger partial charge is 0.507 e. The number of phenolic OH excluding ortho intramolecular Hbond substituents is 1. The monoisotopic (exact) mass is 400 g/mol. The molecule has 3 rings (SSSR count). The topological polar surface area (TPSA) is 108 Å². The number of likely N-dealkylation sites (tertiary alicyclic amines) is 1. The molecule has 1 aromatic carbocycles. The van der Waals surface area contributed by atoms with Crippen LogP contribution in [0, 0.1) is 12.8 Å². The van der Waals surface area contributed by atoms with Gasteiger partial charge in [0, 0.05) is 30.8 Å². The molecule has 1 aromatic heterocycles. The first-order valence-corrected chi connectivity index (χ1v) is 9.80. The molecule has 8 heteroatoms. The number of benzene rings is 1. The molecule has 0 aliphatic carbocycles. The average Bonchev–Trinajstić information content (AvgIpc) is 2.68. The summed E-state index contributed by atoms with van der Waals surface area (Å²) in [6.07, 6.45) is 2.01. The number of rotatable bonds is 7. The number of carboxylic acid groups (broad SMARTS) is 1. The van der Waals surface area contributed by atoms with Crippen LogP contribution in [-0.2, 0) is 4.79 Å². The second-order valence-corrected chi connectivity index (χ2v) is 7.63. The van der Waals surface area contributed by atoms with Gasteiger partial charge in [-0.25, -0.2) is 0 Å². The zero-order valence-electron chi connectivity index (χ0n) is 17.1. The quantitative estimate of drug-likeness (QED) is 0.651. The maximum atomic E-state index is 11.1. The maximum absolute atomic E-state index is 11.1. The molecule has 1 aliphatic rings. The molecule has 8 nitrogen and oxygen atoms in total. The van der Waals surface area contributed by atoms with Crippen LogP contribution in [0.1, 0.15) is 25.3 Å². The Morgan fingerprint density at radius 3 is 2.83 bits per heavy atom. The van der Waals surface area contributed by atoms with E-state index in [2.05, 4.69) is 20.4 Å². The predicted octanol–water partition coefficient (Wildman–Crippen LogP) is 2.76. The van der Waals surface area contributed by atoms with Crippen LogP contribution < -0.4 is 10.1 Å². The Bertz CT molecular complexity index is 874. The number of hydrogen-bond acceptors (Lipinski definition) is 7. The number of piperidine rings is 1. The first-order chi connectivity index (χ1) is 13.9. The second-order valence-electron chi connectivity index (χ2n) is 7.63. The number of nitrogens with one attached hydrogen (secondary N) is 1. The van der Waals surface area contributed by atoms with Gasteiger partial charge in [0.25, 0.3) is 0 Å². The highest BCUT2D eigenvalue weighted by Gasteiger charge is 2.24. The minimum atomic E-state index is -0.765. The molecule has 156 valence electrons. The van der Waals surface area contributed by atoms with Gasteiger partial charge in [0.15, 0.2) is 0 Å². The van der Waals surface area contributed by atoms with E-state index in [1.165, 1.54) is 0 Å². The highest BCUT2D eigenvalue weighted by atomic mass is 16.5. The SMILES string of the molecule is COc1ccc(-c2nnc(NC3CCCN(C[C@H](C)C(=O)O)C3)cc2C)c(O)c1. The van der Waals surface area contributed by atoms with Crippen LogP contribution in [0.3, 0.4) is 0 Å². The summed E-state index contributed by atoms with van der Waals surface area (Å²) in [6, 6.07) is 7.21. The van der Waals surface area contributed by atoms with Crippen molar-refractivity contribution >= 4 is 11.8 Å². The van der Waals surface area contributed by atoms with E-state index < -0.39 is 5.97 Å². The van der Waals surface area contributed by atoms with Gasteiger partial charge in [0.05, 0.1) is 18.7 Å². The number of aryl methyl sites for hydroxylation is 1. The molecule has 0 radical (unpaired) electrons. The molecule has 1 fully saturated rings. The Morgan fingerprint density at radius 2 is 2.17 bits per heavy atom. The van der Waals surface area contributed by atoms with Crippen LogP contribution in [0.2, 0.25) is 0 Å². The molecule has 0 saturated carbocycles. The molecule has 3 N–H and O–H groups in total. The number of nitrogens with zero attached hydrogens (tertiary/aromatic N) is 3. The van der Waals surface area contributed by atoms with Crippen molar-refractivity contribution in [3.63, 3.8) is 0 Å². The van der Waals surface area contributed by atoms with Gasteiger partial charge in [0.1, 0.15) is 17.3 Å². The number of hydrogen-bond donors (Lipinski definition) is 3. The molecule has 2 heterocycles. The molecular weight excluding hydrogens is 372 g/mol. The van der Waals surface area contributed by atoms with Gasteiger partial charge in [-0.1, -0.05) is 6.92 Å². The molecule has 0 spiro atoms. The highest BCUT2D eigenvalue weighted by Crippen LogP contribution is 2.33. The number of carboxylic acids is 1. The molecule has 0 bridgehead atoms. The standard InChI is InChI=1S/C21H28N4O4/c1-13-9-19(22-15-5-4-8-25(12-15)11-14(2)21(27)28)23-24-20(13)17-7-6-16(29-3)10-18(17)26/h6-7,9-10,14-15,26H,4-5,8,11-12H2,1-3H3,(H,22,23)(H,27,28)/t14-,15?/m0/s1. The molecule has 2 aromatic rings. The van der Waals surface area contributed by atoms with E-state index in [0.717, 1.165) is 31.5 Å². The summed E-state index contributed by atoms with van der Waals surface area (Å²) in [7, 11) is 1.55. The van der Waals surface area contributed by atoms with Crippen LogP contribution in [0.15, 0.2) is 24.3 Å². The fourth-order valence-corrected chi connectivity index (χ4v) is 3.67. The number of phenols is 1. The van der Waals surface area contributed by atoms with Crippen molar-refractivity contribution in [1.29, 1.82) is 0 Å². The third-order valence-corrected chi connectivity index (χ3v) is 5.26. The van der Waals surface area contributed by atoms with Crippen molar-refractivity contribution in [3.05, 3.63) is 29.8 Å². The van der Waals surface area contributed by atoms with Gasteiger partial charge in [-0.05, 0) is 50.1 Å². The number of carbonyl (C=O) groups is 1. The first-order valence-electron chi connectivity index (χ1n) is 9.80. The van der Waals surface area contributed by atoms with Crippen molar-refractivity contribution in [2.75, 3.05) is 32.1 Å². The molecule has 1 unspecified atom stereocenters.